The first-order chi connectivity index (χ1) is 7.13. The number of allylic oxidation sites excluding steroid dienone is 1. The maximum absolute atomic E-state index is 12.7. The van der Waals surface area contributed by atoms with Crippen molar-refractivity contribution < 1.29 is 14.3 Å². The summed E-state index contributed by atoms with van der Waals surface area (Å²) >= 11 is 0. The van der Waals surface area contributed by atoms with Crippen molar-refractivity contribution in [1.29, 1.82) is 0 Å². The van der Waals surface area contributed by atoms with Gasteiger partial charge in [-0.1, -0.05) is 25.1 Å². The summed E-state index contributed by atoms with van der Waals surface area (Å²) in [7, 11) is 0. The lowest BCUT2D eigenvalue weighted by atomic mass is 10.0. The minimum atomic E-state index is -0.858. The molecule has 0 atom stereocenters. The summed E-state index contributed by atoms with van der Waals surface area (Å²) in [5, 5.41) is 8.54. The molecule has 15 heavy (non-hydrogen) atoms. The Balaban J connectivity index is 2.87. The molecule has 1 aromatic carbocycles. The van der Waals surface area contributed by atoms with Crippen LogP contribution >= 0.6 is 0 Å². The average molecular weight is 208 g/mol. The highest BCUT2D eigenvalue weighted by Gasteiger charge is 2.01. The van der Waals surface area contributed by atoms with Gasteiger partial charge in [-0.2, -0.15) is 0 Å². The summed E-state index contributed by atoms with van der Waals surface area (Å²) in [6.45, 7) is 1.94. The summed E-state index contributed by atoms with van der Waals surface area (Å²) in [4.78, 5) is 10.4. The van der Waals surface area contributed by atoms with E-state index in [9.17, 15) is 9.18 Å². The summed E-state index contributed by atoms with van der Waals surface area (Å²) in [6.07, 6.45) is 2.40. The quantitative estimate of drug-likeness (QED) is 0.825. The molecule has 0 aliphatic carbocycles. The van der Waals surface area contributed by atoms with Gasteiger partial charge in [0.25, 0.3) is 0 Å². The van der Waals surface area contributed by atoms with E-state index in [1.165, 1.54) is 12.1 Å². The van der Waals surface area contributed by atoms with Crippen molar-refractivity contribution in [2.75, 3.05) is 0 Å². The van der Waals surface area contributed by atoms with Crippen LogP contribution in [0.1, 0.15) is 25.3 Å². The van der Waals surface area contributed by atoms with Gasteiger partial charge < -0.3 is 5.11 Å². The van der Waals surface area contributed by atoms with Crippen LogP contribution in [0.5, 0.6) is 0 Å². The van der Waals surface area contributed by atoms with Gasteiger partial charge in [-0.25, -0.2) is 4.39 Å². The largest absolute Gasteiger partial charge is 0.481 e. The number of halogens is 1. The molecule has 0 aliphatic heterocycles. The van der Waals surface area contributed by atoms with E-state index in [1.54, 1.807) is 18.2 Å². The van der Waals surface area contributed by atoms with Crippen LogP contribution in [0.2, 0.25) is 0 Å². The topological polar surface area (TPSA) is 37.3 Å². The molecule has 1 aromatic rings. The third-order valence-electron chi connectivity index (χ3n) is 2.12. The van der Waals surface area contributed by atoms with E-state index in [0.29, 0.717) is 0 Å². The van der Waals surface area contributed by atoms with Crippen LogP contribution < -0.4 is 0 Å². The molecule has 80 valence electrons. The van der Waals surface area contributed by atoms with Crippen molar-refractivity contribution >= 4 is 11.5 Å². The minimum Gasteiger partial charge on any atom is -0.481 e. The van der Waals surface area contributed by atoms with Crippen LogP contribution in [0.25, 0.3) is 5.57 Å². The van der Waals surface area contributed by atoms with E-state index in [0.717, 1.165) is 17.6 Å². The molecule has 0 fully saturated rings. The average Bonchev–Trinajstić information content (AvgIpc) is 2.21. The molecule has 0 aliphatic rings. The lowest BCUT2D eigenvalue weighted by molar-refractivity contribution is -0.135. The first-order valence-electron chi connectivity index (χ1n) is 4.80. The van der Waals surface area contributed by atoms with Gasteiger partial charge in [0.15, 0.2) is 0 Å². The van der Waals surface area contributed by atoms with Gasteiger partial charge >= 0.3 is 5.97 Å². The summed E-state index contributed by atoms with van der Waals surface area (Å²) in [6, 6.07) is 6.07. The van der Waals surface area contributed by atoms with Crippen molar-refractivity contribution in [2.45, 2.75) is 19.8 Å². The highest BCUT2D eigenvalue weighted by molar-refractivity contribution is 5.74. The Kier molecular flexibility index (Phi) is 4.03. The van der Waals surface area contributed by atoms with Crippen molar-refractivity contribution in [3.05, 3.63) is 41.7 Å². The molecule has 0 spiro atoms. The van der Waals surface area contributed by atoms with Crippen LogP contribution in [-0.2, 0) is 4.79 Å². The number of aliphatic carboxylic acids is 1. The van der Waals surface area contributed by atoms with Crippen molar-refractivity contribution in [1.82, 2.24) is 0 Å². The van der Waals surface area contributed by atoms with Crippen molar-refractivity contribution in [2.24, 2.45) is 0 Å². The minimum absolute atomic E-state index is 0.000545. The number of carboxylic acid groups (broad SMARTS) is 1. The van der Waals surface area contributed by atoms with E-state index >= 15 is 0 Å². The summed E-state index contributed by atoms with van der Waals surface area (Å²) in [5.74, 6) is -1.14. The Labute approximate surface area is 88.1 Å². The molecular weight excluding hydrogens is 195 g/mol. The van der Waals surface area contributed by atoms with Crippen LogP contribution in [0, 0.1) is 5.82 Å². The van der Waals surface area contributed by atoms with Crippen LogP contribution in [0.3, 0.4) is 0 Å². The fraction of sp³-hybridized carbons (Fsp3) is 0.250. The summed E-state index contributed by atoms with van der Waals surface area (Å²) < 4.78 is 12.7. The normalized spacial score (nSPS) is 11.5. The zero-order valence-electron chi connectivity index (χ0n) is 8.53. The maximum atomic E-state index is 12.7. The Bertz CT molecular complexity index is 366. The Hall–Kier alpha value is -1.64. The van der Waals surface area contributed by atoms with Gasteiger partial charge in [-0.05, 0) is 29.7 Å². The smallest absolute Gasteiger partial charge is 0.307 e. The molecule has 0 bridgehead atoms. The lowest BCUT2D eigenvalue weighted by Gasteiger charge is -2.04. The van der Waals surface area contributed by atoms with E-state index in [1.807, 2.05) is 6.92 Å². The molecule has 1 rings (SSSR count). The highest BCUT2D eigenvalue weighted by Crippen LogP contribution is 2.18. The Morgan fingerprint density at radius 1 is 1.40 bits per heavy atom. The second-order valence-corrected chi connectivity index (χ2v) is 3.19. The van der Waals surface area contributed by atoms with Crippen LogP contribution in [0.15, 0.2) is 30.3 Å². The fourth-order valence-electron chi connectivity index (χ4n) is 1.34. The summed E-state index contributed by atoms with van der Waals surface area (Å²) in [5.41, 5.74) is 1.80. The Morgan fingerprint density at radius 2 is 2.00 bits per heavy atom. The fourth-order valence-corrected chi connectivity index (χ4v) is 1.34. The van der Waals surface area contributed by atoms with E-state index < -0.39 is 5.97 Å². The number of hydrogen-bond acceptors (Lipinski definition) is 1. The monoisotopic (exact) mass is 208 g/mol. The van der Waals surface area contributed by atoms with Gasteiger partial charge in [0.05, 0.1) is 6.42 Å². The van der Waals surface area contributed by atoms with Crippen LogP contribution in [0.4, 0.5) is 4.39 Å². The van der Waals surface area contributed by atoms with E-state index in [2.05, 4.69) is 0 Å². The van der Waals surface area contributed by atoms with E-state index in [4.69, 9.17) is 5.11 Å². The highest BCUT2D eigenvalue weighted by atomic mass is 19.1. The second-order valence-electron chi connectivity index (χ2n) is 3.19. The van der Waals surface area contributed by atoms with Gasteiger partial charge in [0.2, 0.25) is 0 Å². The van der Waals surface area contributed by atoms with Gasteiger partial charge in [0, 0.05) is 0 Å². The predicted molar refractivity (Wildman–Crippen MR) is 56.9 cm³/mol. The lowest BCUT2D eigenvalue weighted by Crippen LogP contribution is -1.92. The second kappa shape index (κ2) is 5.29. The molecule has 0 saturated carbocycles. The van der Waals surface area contributed by atoms with Gasteiger partial charge in [-0.3, -0.25) is 4.79 Å². The number of carbonyl (C=O) groups is 1. The number of hydrogen-bond donors (Lipinski definition) is 1. The zero-order chi connectivity index (χ0) is 11.3. The van der Waals surface area contributed by atoms with E-state index in [-0.39, 0.29) is 12.2 Å². The molecule has 0 saturated heterocycles. The predicted octanol–water partition coefficient (Wildman–Crippen LogP) is 3.09. The van der Waals surface area contributed by atoms with Crippen molar-refractivity contribution in [3.8, 4) is 0 Å². The number of benzene rings is 1. The molecule has 1 N–H and O–H groups in total. The van der Waals surface area contributed by atoms with Crippen LogP contribution in [-0.4, -0.2) is 11.1 Å². The standard InChI is InChI=1S/C12H13FO2/c1-2-9(5-8-12(14)15)10-3-6-11(13)7-4-10/h3-7H,2,8H2,1H3,(H,14,15)/b9-5+. The van der Waals surface area contributed by atoms with Gasteiger partial charge in [-0.15, -0.1) is 0 Å². The molecule has 0 unspecified atom stereocenters. The first kappa shape index (κ1) is 11.4. The molecular formula is C12H13FO2. The Morgan fingerprint density at radius 3 is 2.47 bits per heavy atom. The molecule has 0 amide bonds. The number of carboxylic acids is 1. The van der Waals surface area contributed by atoms with Gasteiger partial charge in [0.1, 0.15) is 5.82 Å². The third-order valence-corrected chi connectivity index (χ3v) is 2.12. The SMILES string of the molecule is CC/C(=C\CC(=O)O)c1ccc(F)cc1. The maximum Gasteiger partial charge on any atom is 0.307 e. The zero-order valence-corrected chi connectivity index (χ0v) is 8.53. The van der Waals surface area contributed by atoms with Crippen molar-refractivity contribution in [3.63, 3.8) is 0 Å². The molecule has 0 heterocycles. The molecule has 0 radical (unpaired) electrons. The molecule has 0 aromatic heterocycles. The third kappa shape index (κ3) is 3.54. The first-order valence-corrected chi connectivity index (χ1v) is 4.80. The molecule has 3 heteroatoms. The number of rotatable bonds is 4. The molecule has 2 nitrogen and oxygen atoms in total.